The lowest BCUT2D eigenvalue weighted by Gasteiger charge is -2.13. The summed E-state index contributed by atoms with van der Waals surface area (Å²) in [5.74, 6) is -3.31. The summed E-state index contributed by atoms with van der Waals surface area (Å²) >= 11 is 0. The summed E-state index contributed by atoms with van der Waals surface area (Å²) in [5, 5.41) is 9.33. The van der Waals surface area contributed by atoms with Crippen molar-refractivity contribution in [3.8, 4) is 16.9 Å². The smallest absolute Gasteiger partial charge is 0.233 e. The lowest BCUT2D eigenvalue weighted by molar-refractivity contribution is 0.0376. The van der Waals surface area contributed by atoms with Crippen LogP contribution in [0.2, 0.25) is 0 Å². The highest BCUT2D eigenvalue weighted by atomic mass is 32.2. The molecular weight excluding hydrogens is 408 g/mol. The van der Waals surface area contributed by atoms with Gasteiger partial charge in [-0.3, -0.25) is 0 Å². The Balaban J connectivity index is 1.87. The van der Waals surface area contributed by atoms with Gasteiger partial charge in [-0.05, 0) is 30.3 Å². The van der Waals surface area contributed by atoms with E-state index in [0.717, 1.165) is 0 Å². The third kappa shape index (κ3) is 3.74. The average molecular weight is 425 g/mol. The summed E-state index contributed by atoms with van der Waals surface area (Å²) < 4.78 is 54.7. The highest BCUT2D eigenvalue weighted by Gasteiger charge is 2.37. The van der Waals surface area contributed by atoms with Gasteiger partial charge in [0.15, 0.2) is 0 Å². The number of nitrogens with zero attached hydrogens (tertiary/aromatic N) is 2. The molecule has 152 valence electrons. The summed E-state index contributed by atoms with van der Waals surface area (Å²) in [7, 11) is -3.87. The van der Waals surface area contributed by atoms with Gasteiger partial charge < -0.3 is 0 Å². The second kappa shape index (κ2) is 7.47. The normalized spacial score (nSPS) is 12.1. The van der Waals surface area contributed by atoms with Crippen molar-refractivity contribution in [2.24, 2.45) is 5.14 Å². The molecule has 0 spiro atoms. The van der Waals surface area contributed by atoms with Gasteiger partial charge in [0.2, 0.25) is 10.0 Å². The van der Waals surface area contributed by atoms with Gasteiger partial charge in [-0.1, -0.05) is 60.7 Å². The van der Waals surface area contributed by atoms with Crippen LogP contribution in [0.5, 0.6) is 0 Å². The zero-order valence-electron chi connectivity index (χ0n) is 15.6. The van der Waals surface area contributed by atoms with E-state index in [4.69, 9.17) is 5.14 Å². The molecule has 0 atom stereocenters. The van der Waals surface area contributed by atoms with E-state index in [1.807, 2.05) is 6.07 Å². The fourth-order valence-electron chi connectivity index (χ4n) is 3.12. The molecule has 0 fully saturated rings. The fourth-order valence-corrected chi connectivity index (χ4v) is 3.63. The molecule has 0 aliphatic carbocycles. The van der Waals surface area contributed by atoms with Crippen LogP contribution in [0.1, 0.15) is 11.3 Å². The van der Waals surface area contributed by atoms with Crippen LogP contribution in [0, 0.1) is 0 Å². The van der Waals surface area contributed by atoms with Crippen LogP contribution < -0.4 is 5.14 Å². The summed E-state index contributed by atoms with van der Waals surface area (Å²) in [5.41, 5.74) is 0.985. The fraction of sp³-hybridized carbons (Fsp3) is 0.0455. The number of halogens is 2. The first-order valence-corrected chi connectivity index (χ1v) is 10.5. The lowest BCUT2D eigenvalue weighted by atomic mass is 10.0. The number of nitrogens with two attached hydrogens (primary N) is 1. The van der Waals surface area contributed by atoms with Crippen LogP contribution >= 0.6 is 0 Å². The average Bonchev–Trinajstić information content (AvgIpc) is 3.21. The molecular formula is C22H17F2N3O2S. The Kier molecular flexibility index (Phi) is 4.97. The Labute approximate surface area is 172 Å². The van der Waals surface area contributed by atoms with E-state index in [1.54, 1.807) is 42.5 Å². The van der Waals surface area contributed by atoms with Gasteiger partial charge in [0.25, 0.3) is 0 Å². The Hall–Kier alpha value is -3.36. The third-order valence-electron chi connectivity index (χ3n) is 4.65. The van der Waals surface area contributed by atoms with Crippen LogP contribution in [0.4, 0.5) is 8.78 Å². The molecule has 30 heavy (non-hydrogen) atoms. The van der Waals surface area contributed by atoms with Gasteiger partial charge in [-0.2, -0.15) is 13.9 Å². The molecule has 1 heterocycles. The third-order valence-corrected chi connectivity index (χ3v) is 5.58. The first kappa shape index (κ1) is 19.9. The van der Waals surface area contributed by atoms with Gasteiger partial charge in [-0.15, -0.1) is 0 Å². The predicted molar refractivity (Wildman–Crippen MR) is 110 cm³/mol. The van der Waals surface area contributed by atoms with Crippen LogP contribution in [-0.4, -0.2) is 18.2 Å². The summed E-state index contributed by atoms with van der Waals surface area (Å²) in [6.07, 6.45) is 0. The van der Waals surface area contributed by atoms with Crippen LogP contribution in [0.25, 0.3) is 16.9 Å². The molecule has 0 radical (unpaired) electrons. The molecule has 0 amide bonds. The predicted octanol–water partition coefficient (Wildman–Crippen LogP) is 4.33. The van der Waals surface area contributed by atoms with E-state index in [0.29, 0.717) is 16.9 Å². The number of hydrogen-bond acceptors (Lipinski definition) is 3. The topological polar surface area (TPSA) is 78.0 Å². The minimum atomic E-state index is -3.87. The maximum atomic E-state index is 15.2. The molecule has 4 rings (SSSR count). The van der Waals surface area contributed by atoms with Crippen LogP contribution in [0.3, 0.4) is 0 Å². The van der Waals surface area contributed by atoms with Gasteiger partial charge in [0.05, 0.1) is 16.3 Å². The zero-order chi connectivity index (χ0) is 21.4. The Bertz CT molecular complexity index is 1270. The highest BCUT2D eigenvalue weighted by molar-refractivity contribution is 7.89. The molecule has 0 saturated carbocycles. The maximum Gasteiger partial charge on any atom is 0.316 e. The minimum absolute atomic E-state index is 0.0745. The highest BCUT2D eigenvalue weighted by Crippen LogP contribution is 2.37. The van der Waals surface area contributed by atoms with E-state index in [2.05, 4.69) is 5.10 Å². The van der Waals surface area contributed by atoms with Crippen LogP contribution in [-0.2, 0) is 15.9 Å². The number of alkyl halides is 2. The molecule has 0 aliphatic heterocycles. The summed E-state index contributed by atoms with van der Waals surface area (Å²) in [6.45, 7) is 0. The number of rotatable bonds is 5. The van der Waals surface area contributed by atoms with Crippen LogP contribution in [0.15, 0.2) is 95.9 Å². The quantitative estimate of drug-likeness (QED) is 0.517. The molecule has 0 aliphatic rings. The molecule has 8 heteroatoms. The number of primary sulfonamides is 1. The van der Waals surface area contributed by atoms with Crippen molar-refractivity contribution in [1.29, 1.82) is 0 Å². The minimum Gasteiger partial charge on any atom is -0.233 e. The lowest BCUT2D eigenvalue weighted by Crippen LogP contribution is -2.16. The van der Waals surface area contributed by atoms with Gasteiger partial charge in [-0.25, -0.2) is 18.2 Å². The monoisotopic (exact) mass is 425 g/mol. The number of benzene rings is 3. The van der Waals surface area contributed by atoms with E-state index in [1.165, 1.54) is 47.1 Å². The van der Waals surface area contributed by atoms with Crippen molar-refractivity contribution < 1.29 is 17.2 Å². The van der Waals surface area contributed by atoms with Gasteiger partial charge in [0, 0.05) is 11.1 Å². The molecule has 4 aromatic rings. The molecule has 3 aromatic carbocycles. The number of hydrogen-bond donors (Lipinski definition) is 1. The number of aromatic nitrogens is 2. The largest absolute Gasteiger partial charge is 0.316 e. The van der Waals surface area contributed by atoms with Gasteiger partial charge in [0.1, 0.15) is 5.69 Å². The van der Waals surface area contributed by atoms with Crippen molar-refractivity contribution in [3.05, 3.63) is 102 Å². The van der Waals surface area contributed by atoms with E-state index in [9.17, 15) is 8.42 Å². The first-order chi connectivity index (χ1) is 14.3. The van der Waals surface area contributed by atoms with Crippen molar-refractivity contribution in [1.82, 2.24) is 9.78 Å². The van der Waals surface area contributed by atoms with Crippen molar-refractivity contribution in [2.45, 2.75) is 10.8 Å². The molecule has 2 N–H and O–H groups in total. The standard InChI is InChI=1S/C22H17F2N3O2S/c23-22(24,17-9-5-2-6-10-17)21-15-20(16-7-3-1-4-8-16)27(26-21)18-11-13-19(14-12-18)30(25,28)29/h1-15H,(H2,25,28,29). The van der Waals surface area contributed by atoms with Crippen molar-refractivity contribution in [2.75, 3.05) is 0 Å². The van der Waals surface area contributed by atoms with E-state index in [-0.39, 0.29) is 10.5 Å². The Morgan fingerprint density at radius 3 is 1.97 bits per heavy atom. The van der Waals surface area contributed by atoms with Gasteiger partial charge >= 0.3 is 5.92 Å². The van der Waals surface area contributed by atoms with Crippen molar-refractivity contribution in [3.63, 3.8) is 0 Å². The van der Waals surface area contributed by atoms with Crippen molar-refractivity contribution >= 4 is 10.0 Å². The summed E-state index contributed by atoms with van der Waals surface area (Å²) in [6, 6.07) is 23.4. The molecule has 5 nitrogen and oxygen atoms in total. The zero-order valence-corrected chi connectivity index (χ0v) is 16.4. The Morgan fingerprint density at radius 1 is 0.833 bits per heavy atom. The maximum absolute atomic E-state index is 15.2. The molecule has 0 saturated heterocycles. The molecule has 0 bridgehead atoms. The first-order valence-electron chi connectivity index (χ1n) is 8.99. The second-order valence-electron chi connectivity index (χ2n) is 6.67. The molecule has 1 aromatic heterocycles. The summed E-state index contributed by atoms with van der Waals surface area (Å²) in [4.78, 5) is -0.0745. The Morgan fingerprint density at radius 2 is 1.40 bits per heavy atom. The van der Waals surface area contributed by atoms with E-state index >= 15 is 8.78 Å². The number of sulfonamides is 1. The molecule has 0 unspecified atom stereocenters. The SMILES string of the molecule is NS(=O)(=O)c1ccc(-n2nc(C(F)(F)c3ccccc3)cc2-c2ccccc2)cc1. The van der Waals surface area contributed by atoms with E-state index < -0.39 is 21.6 Å². The second-order valence-corrected chi connectivity index (χ2v) is 8.23.